The monoisotopic (exact) mass is 107 g/mol. The maximum atomic E-state index is 5.34. The zero-order chi connectivity index (χ0) is 4.99. The Bertz CT molecular complexity index is 26.7. The van der Waals surface area contributed by atoms with E-state index in [1.807, 2.05) is 6.92 Å². The van der Waals surface area contributed by atoms with E-state index in [-0.39, 0.29) is 6.04 Å². The maximum Gasteiger partial charge on any atom is 0.0375 e. The zero-order valence-electron chi connectivity index (χ0n) is 3.95. The Morgan fingerprint density at radius 2 is 2.33 bits per heavy atom. The molecule has 0 saturated carbocycles. The highest BCUT2D eigenvalue weighted by molar-refractivity contribution is 6.18. The van der Waals surface area contributed by atoms with E-state index in [0.29, 0.717) is 5.88 Å². The predicted octanol–water partition coefficient (Wildman–Crippen LogP) is 0.962. The smallest absolute Gasteiger partial charge is 0.0375 e. The molecule has 1 unspecified atom stereocenters. The molecule has 0 radical (unpaired) electrons. The molecule has 38 valence electrons. The van der Waals surface area contributed by atoms with Gasteiger partial charge in [-0.1, -0.05) is 6.92 Å². The lowest BCUT2D eigenvalue weighted by Crippen LogP contribution is -2.19. The number of halogens is 1. The first kappa shape index (κ1) is 6.25. The molecule has 0 amide bonds. The van der Waals surface area contributed by atoms with Crippen LogP contribution in [0.15, 0.2) is 0 Å². The van der Waals surface area contributed by atoms with Crippen LogP contribution < -0.4 is 5.73 Å². The fourth-order valence-electron chi connectivity index (χ4n) is 0.109. The van der Waals surface area contributed by atoms with Gasteiger partial charge in [0.15, 0.2) is 0 Å². The van der Waals surface area contributed by atoms with Gasteiger partial charge in [-0.15, -0.1) is 11.6 Å². The summed E-state index contributed by atoms with van der Waals surface area (Å²) in [5.74, 6) is 0.580. The molecule has 6 heavy (non-hydrogen) atoms. The number of nitrogens with two attached hydrogens (primary N) is 1. The average Bonchev–Trinajstić information content (AvgIpc) is 1.65. The highest BCUT2D eigenvalue weighted by atomic mass is 35.5. The molecule has 2 heteroatoms. The number of rotatable bonds is 2. The zero-order valence-corrected chi connectivity index (χ0v) is 4.70. The van der Waals surface area contributed by atoms with Crippen LogP contribution in [-0.2, 0) is 0 Å². The van der Waals surface area contributed by atoms with Crippen LogP contribution in [-0.4, -0.2) is 11.9 Å². The molecule has 1 atom stereocenters. The van der Waals surface area contributed by atoms with Crippen molar-refractivity contribution in [3.05, 3.63) is 0 Å². The molecule has 2 N–H and O–H groups in total. The highest BCUT2D eigenvalue weighted by Gasteiger charge is 1.90. The minimum Gasteiger partial charge on any atom is -0.327 e. The van der Waals surface area contributed by atoms with Gasteiger partial charge >= 0.3 is 0 Å². The molecule has 0 rings (SSSR count). The van der Waals surface area contributed by atoms with Gasteiger partial charge in [-0.05, 0) is 6.42 Å². The third kappa shape index (κ3) is 2.49. The fraction of sp³-hybridized carbons (Fsp3) is 1.00. The Hall–Kier alpha value is 0.250. The van der Waals surface area contributed by atoms with Crippen molar-refractivity contribution in [2.45, 2.75) is 19.4 Å². The molecule has 0 aromatic heterocycles. The Labute approximate surface area is 43.5 Å². The lowest BCUT2D eigenvalue weighted by Gasteiger charge is -1.97. The van der Waals surface area contributed by atoms with Crippen molar-refractivity contribution in [3.63, 3.8) is 0 Å². The Morgan fingerprint density at radius 3 is 2.33 bits per heavy atom. The largest absolute Gasteiger partial charge is 0.327 e. The third-order valence-corrected chi connectivity index (χ3v) is 1.12. The number of alkyl halides is 1. The van der Waals surface area contributed by atoms with Gasteiger partial charge in [0.2, 0.25) is 0 Å². The summed E-state index contributed by atoms with van der Waals surface area (Å²) in [7, 11) is 0. The molecule has 0 aromatic carbocycles. The van der Waals surface area contributed by atoms with Crippen LogP contribution >= 0.6 is 11.6 Å². The summed E-state index contributed by atoms with van der Waals surface area (Å²) in [4.78, 5) is 0. The summed E-state index contributed by atoms with van der Waals surface area (Å²) < 4.78 is 0. The fourth-order valence-corrected chi connectivity index (χ4v) is 0.327. The minimum absolute atomic E-state index is 0.201. The van der Waals surface area contributed by atoms with Crippen molar-refractivity contribution in [1.82, 2.24) is 0 Å². The van der Waals surface area contributed by atoms with Gasteiger partial charge < -0.3 is 5.73 Å². The molecule has 0 fully saturated rings. The van der Waals surface area contributed by atoms with E-state index in [0.717, 1.165) is 6.42 Å². The molecule has 0 aromatic rings. The molecule has 1 nitrogen and oxygen atoms in total. The van der Waals surface area contributed by atoms with Crippen LogP contribution in [0.4, 0.5) is 0 Å². The maximum absolute atomic E-state index is 5.34. The molecule has 0 aliphatic rings. The van der Waals surface area contributed by atoms with Crippen LogP contribution in [0.3, 0.4) is 0 Å². The minimum atomic E-state index is 0.201. The van der Waals surface area contributed by atoms with Gasteiger partial charge in [-0.25, -0.2) is 0 Å². The van der Waals surface area contributed by atoms with Crippen molar-refractivity contribution in [1.29, 1.82) is 0 Å². The Morgan fingerprint density at radius 1 is 1.83 bits per heavy atom. The summed E-state index contributed by atoms with van der Waals surface area (Å²) in [5, 5.41) is 0. The second kappa shape index (κ2) is 3.44. The first-order valence-electron chi connectivity index (χ1n) is 2.12. The molecule has 0 aliphatic carbocycles. The predicted molar refractivity (Wildman–Crippen MR) is 29.0 cm³/mol. The van der Waals surface area contributed by atoms with Gasteiger partial charge in [0.1, 0.15) is 0 Å². The third-order valence-electron chi connectivity index (χ3n) is 0.723. The first-order valence-corrected chi connectivity index (χ1v) is 2.66. The van der Waals surface area contributed by atoms with Crippen LogP contribution in [0.5, 0.6) is 0 Å². The normalized spacial score (nSPS) is 14.5. The summed E-state index contributed by atoms with van der Waals surface area (Å²) in [6.07, 6.45) is 0.976. The standard InChI is InChI=1S/C4H10ClN/c1-2-4(6)3-5/h4H,2-3,6H2,1H3. The van der Waals surface area contributed by atoms with E-state index in [1.165, 1.54) is 0 Å². The van der Waals surface area contributed by atoms with Gasteiger partial charge in [-0.3, -0.25) is 0 Å². The molecular formula is C4H10ClN. The highest BCUT2D eigenvalue weighted by Crippen LogP contribution is 1.86. The second-order valence-corrected chi connectivity index (χ2v) is 1.63. The van der Waals surface area contributed by atoms with E-state index >= 15 is 0 Å². The summed E-state index contributed by atoms with van der Waals surface area (Å²) in [6, 6.07) is 0.201. The number of hydrogen-bond acceptors (Lipinski definition) is 1. The Kier molecular flexibility index (Phi) is 3.58. The van der Waals surface area contributed by atoms with Gasteiger partial charge in [-0.2, -0.15) is 0 Å². The van der Waals surface area contributed by atoms with Crippen LogP contribution in [0, 0.1) is 0 Å². The van der Waals surface area contributed by atoms with Crippen molar-refractivity contribution in [2.24, 2.45) is 5.73 Å². The topological polar surface area (TPSA) is 26.0 Å². The van der Waals surface area contributed by atoms with Crippen LogP contribution in [0.2, 0.25) is 0 Å². The van der Waals surface area contributed by atoms with E-state index in [1.54, 1.807) is 0 Å². The van der Waals surface area contributed by atoms with Crippen molar-refractivity contribution in [2.75, 3.05) is 5.88 Å². The average molecular weight is 108 g/mol. The van der Waals surface area contributed by atoms with E-state index < -0.39 is 0 Å². The molecule has 0 bridgehead atoms. The summed E-state index contributed by atoms with van der Waals surface area (Å²) >= 11 is 5.33. The summed E-state index contributed by atoms with van der Waals surface area (Å²) in [6.45, 7) is 2.02. The second-order valence-electron chi connectivity index (χ2n) is 1.32. The lowest BCUT2D eigenvalue weighted by atomic mass is 10.3. The SMILES string of the molecule is CCC(N)CCl. The summed E-state index contributed by atoms with van der Waals surface area (Å²) in [5.41, 5.74) is 5.34. The molecule has 0 heterocycles. The van der Waals surface area contributed by atoms with Gasteiger partial charge in [0.25, 0.3) is 0 Å². The molecule has 0 spiro atoms. The van der Waals surface area contributed by atoms with E-state index in [9.17, 15) is 0 Å². The quantitative estimate of drug-likeness (QED) is 0.523. The molecule has 0 aliphatic heterocycles. The van der Waals surface area contributed by atoms with E-state index in [4.69, 9.17) is 17.3 Å². The van der Waals surface area contributed by atoms with Crippen molar-refractivity contribution >= 4 is 11.6 Å². The van der Waals surface area contributed by atoms with Crippen LogP contribution in [0.1, 0.15) is 13.3 Å². The Balaban J connectivity index is 2.75. The van der Waals surface area contributed by atoms with Gasteiger partial charge in [0.05, 0.1) is 0 Å². The van der Waals surface area contributed by atoms with E-state index in [2.05, 4.69) is 0 Å². The number of hydrogen-bond donors (Lipinski definition) is 1. The van der Waals surface area contributed by atoms with Crippen LogP contribution in [0.25, 0.3) is 0 Å². The van der Waals surface area contributed by atoms with Gasteiger partial charge in [0, 0.05) is 11.9 Å². The first-order chi connectivity index (χ1) is 2.81. The lowest BCUT2D eigenvalue weighted by molar-refractivity contribution is 0.721. The van der Waals surface area contributed by atoms with Crippen molar-refractivity contribution in [3.8, 4) is 0 Å². The van der Waals surface area contributed by atoms with Crippen molar-refractivity contribution < 1.29 is 0 Å². The molecular weight excluding hydrogens is 97.5 g/mol. The molecule has 0 saturated heterocycles.